The first-order chi connectivity index (χ1) is 57.0. The maximum atomic E-state index is 14.6. The normalized spacial score (nSPS) is 31.9. The summed E-state index contributed by atoms with van der Waals surface area (Å²) in [6, 6.07) is 37.9. The first kappa shape index (κ1) is 119. The third-order valence-corrected chi connectivity index (χ3v) is 34.1. The Kier molecular flexibility index (Phi) is 52.5. The summed E-state index contributed by atoms with van der Waals surface area (Å²) in [5.74, 6) is -4.88. The van der Waals surface area contributed by atoms with Crippen molar-refractivity contribution in [1.82, 2.24) is 0 Å². The predicted molar refractivity (Wildman–Crippen MR) is 403 cm³/mol. The van der Waals surface area contributed by atoms with Gasteiger partial charge in [-0.1, -0.05) is 170 Å². The summed E-state index contributed by atoms with van der Waals surface area (Å²) in [6.07, 6.45) is -35.8. The molecule has 11 rings (SSSR count). The number of hydrogen-bond donors (Lipinski definition) is 0. The Balaban J connectivity index is 0.00000546. The van der Waals surface area contributed by atoms with E-state index >= 15 is 0 Å². The molecular weight excluding hydrogens is 1840 g/mol. The van der Waals surface area contributed by atoms with E-state index in [1.165, 1.54) is 63.8 Å². The number of carbonyl (C=O) groups is 2. The van der Waals surface area contributed by atoms with Gasteiger partial charge in [0.15, 0.2) is 79.9 Å². The van der Waals surface area contributed by atoms with E-state index in [1.54, 1.807) is 0 Å². The number of carboxylic acid groups (broad SMARTS) is 2. The zero-order valence-corrected chi connectivity index (χ0v) is 90.9. The van der Waals surface area contributed by atoms with E-state index in [1.807, 2.05) is 142 Å². The molecule has 1 saturated carbocycles. The van der Waals surface area contributed by atoms with Gasteiger partial charge in [-0.05, 0) is 43.7 Å². The van der Waals surface area contributed by atoms with E-state index < -0.39 is 227 Å². The molecule has 6 aliphatic heterocycles. The van der Waals surface area contributed by atoms with Gasteiger partial charge in [0.2, 0.25) is 10.4 Å². The van der Waals surface area contributed by atoms with E-state index in [9.17, 15) is 48.5 Å². The molecule has 125 heavy (non-hydrogen) atoms. The van der Waals surface area contributed by atoms with Crippen molar-refractivity contribution in [3.8, 4) is 0 Å². The molecule has 0 amide bonds. The molecule has 1 aliphatic carbocycles. The van der Waals surface area contributed by atoms with Gasteiger partial charge in [-0.3, -0.25) is 31.8 Å². The molecule has 7 fully saturated rings. The van der Waals surface area contributed by atoms with Crippen LogP contribution < -0.4 is 224 Å². The molecule has 0 aromatic heterocycles. The molecule has 0 radical (unpaired) electrons. The van der Waals surface area contributed by atoms with Crippen molar-refractivity contribution in [3.05, 3.63) is 121 Å². The molecule has 0 spiro atoms. The summed E-state index contributed by atoms with van der Waals surface area (Å²) in [6.45, 7) is 11.0. The van der Waals surface area contributed by atoms with Gasteiger partial charge >= 0.3 is 177 Å². The second kappa shape index (κ2) is 55.1. The summed E-state index contributed by atoms with van der Waals surface area (Å²) < 4.78 is 198. The molecule has 51 heteroatoms. The van der Waals surface area contributed by atoms with Gasteiger partial charge in [0.1, 0.15) is 91.1 Å². The summed E-state index contributed by atoms with van der Waals surface area (Å²) in [5.41, 5.74) is -5.52. The van der Waals surface area contributed by atoms with Crippen LogP contribution in [0.3, 0.4) is 0 Å². The minimum absolute atomic E-state index is 0. The fourth-order valence-electron chi connectivity index (χ4n) is 17.2. The Labute approximate surface area is 874 Å². The average molecular weight is 1940 g/mol. The van der Waals surface area contributed by atoms with Crippen molar-refractivity contribution in [1.29, 1.82) is 0 Å². The molecule has 4 aromatic rings. The van der Waals surface area contributed by atoms with Crippen LogP contribution in [0.15, 0.2) is 121 Å². The molecule has 10 unspecified atom stereocenters. The molecule has 2 bridgehead atoms. The van der Waals surface area contributed by atoms with Crippen molar-refractivity contribution >= 4 is 96.7 Å². The van der Waals surface area contributed by atoms with Crippen molar-refractivity contribution in [3.63, 3.8) is 0 Å². The number of ether oxygens (including phenoxy) is 17. The van der Waals surface area contributed by atoms with Gasteiger partial charge in [0.05, 0.1) is 50.6 Å². The molecular formula is C74H100Na6O39S4Si2. The topological polar surface area (TPSA) is 474 Å². The van der Waals surface area contributed by atoms with Crippen molar-refractivity contribution < 1.29 is 360 Å². The van der Waals surface area contributed by atoms with Crippen LogP contribution in [-0.4, -0.2) is 271 Å². The van der Waals surface area contributed by atoms with Gasteiger partial charge in [-0.15, -0.1) is 13.0 Å². The number of fused-ring (bicyclic) bond motifs is 3. The van der Waals surface area contributed by atoms with Crippen LogP contribution in [0, 0.1) is 5.92 Å². The monoisotopic (exact) mass is 1930 g/mol. The van der Waals surface area contributed by atoms with E-state index in [-0.39, 0.29) is 227 Å². The molecule has 6 heterocycles. The smallest absolute Gasteiger partial charge is 0.726 e. The number of rotatable bonds is 44. The maximum Gasteiger partial charge on any atom is 1.00 e. The van der Waals surface area contributed by atoms with Crippen LogP contribution in [-0.2, 0) is 154 Å². The first-order valence-electron chi connectivity index (χ1n) is 37.5. The zero-order chi connectivity index (χ0) is 86.3. The maximum absolute atomic E-state index is 14.6. The standard InChI is InChI=1S/C74H106O39S4Si2.6Na/c1-16-73(69(75)76)63(97-47-37-42(38-94-117(82,83)84)50(85-8)54(87-10)51(47)86-9)57(89-12)59(91-14)67(103-73)101-53-49(40-96-119(72(5,6)7,45-33-25-19-26-34-45)46-35-27-20-28-36-46)99-66(62(107-116-113-110-81)56(53)105-114-111-108-79)102-64-58(90-13)60-68(104-74(64,41-93-60)70(77)78)100-52-48(98-65(92-15)61(55(52)88-11)106-115-112-109-80)39-95-118(71(2,3)4,43-29-21-17-22-30-43)44-31-23-18-24-32-44;;;;;;/h17-36,42,47-68,79-81H,16,37-41H2,1-15H3,(H,75,76)(H,77,78)(H,82,83,84);;;;;;/q;6*+1/p-6/t42?,47-,48?,49?,50+,51?,52+,53+,54+,55+,56+,57-,58?,59?,60-,61?,62?,63-,64-,65-,66+,67-,68+,73?,74?;;;;;;/m1....../s1. The van der Waals surface area contributed by atoms with Gasteiger partial charge in [0.25, 0.3) is 16.6 Å². The number of methoxy groups -OCH3 is 8. The third kappa shape index (κ3) is 26.9. The fraction of sp³-hybridized carbons (Fsp3) is 0.649. The van der Waals surface area contributed by atoms with E-state index in [0.717, 1.165) is 20.7 Å². The summed E-state index contributed by atoms with van der Waals surface area (Å²) in [7, 11) is -2.34. The molecule has 4 aromatic carbocycles. The van der Waals surface area contributed by atoms with Gasteiger partial charge < -0.3 is 130 Å². The Morgan fingerprint density at radius 2 is 0.848 bits per heavy atom. The van der Waals surface area contributed by atoms with E-state index in [2.05, 4.69) is 40.2 Å². The molecule has 7 aliphatic rings. The van der Waals surface area contributed by atoms with Gasteiger partial charge in [-0.25, -0.2) is 8.42 Å². The average Bonchev–Trinajstić information content (AvgIpc) is 0.714. The van der Waals surface area contributed by atoms with Crippen LogP contribution in [0.5, 0.6) is 0 Å². The quantitative estimate of drug-likeness (QED) is 0.00755. The van der Waals surface area contributed by atoms with Crippen LogP contribution in [0.25, 0.3) is 0 Å². The minimum atomic E-state index is -5.28. The second-order valence-electron chi connectivity index (χ2n) is 30.5. The predicted octanol–water partition coefficient (Wildman–Crippen LogP) is -19.2. The number of carbonyl (C=O) groups excluding carboxylic acids is 2. The van der Waals surface area contributed by atoms with Crippen molar-refractivity contribution in [2.75, 3.05) is 83.3 Å². The molecule has 0 N–H and O–H groups in total. The van der Waals surface area contributed by atoms with Gasteiger partial charge in [0, 0.05) is 62.8 Å². The van der Waals surface area contributed by atoms with Crippen molar-refractivity contribution in [2.24, 2.45) is 5.92 Å². The summed E-state index contributed by atoms with van der Waals surface area (Å²) in [5, 5.41) is 76.9. The Morgan fingerprint density at radius 1 is 0.448 bits per heavy atom. The minimum Gasteiger partial charge on any atom is -0.726 e. The molecule has 39 nitrogen and oxygen atoms in total. The molecule has 668 valence electrons. The SMILES string of the molecule is CCC1(C(=O)[O-])O[C@@H](O[C@H]2C(CO[Si](c3ccccc3)(c3ccccc3)C(C)(C)C)O[C@@H](O[C@@H]3C(OC)[C@H]4OCC3(C(=O)[O-])O[C@@H]4O[C@H]3C(CO[Si](c4ccccc4)(c4ccccc4)C(C)(C)C)O[C@@H](OC)C(OSOO[O-])[C@H]3OC)C(OSOO[O-])[C@H]2OSOO[O-])C(OC)[C@@H](OC)[C@H]1O[C@@H]1CC(COS(=O)(=O)[O-])[C@H](OC)[C@H](OC)C1OC.[Na+].[Na+].[Na+].[Na+].[Na+].[Na+]. The van der Waals surface area contributed by atoms with Crippen molar-refractivity contribution in [2.45, 2.75) is 218 Å². The van der Waals surface area contributed by atoms with Gasteiger partial charge in [-0.2, -0.15) is 0 Å². The second-order valence-corrected chi connectivity index (χ2v) is 41.5. The molecule has 25 atom stereocenters. The van der Waals surface area contributed by atoms with Crippen LogP contribution >= 0.6 is 37.0 Å². The summed E-state index contributed by atoms with van der Waals surface area (Å²) >= 11 is -0.130. The van der Waals surface area contributed by atoms with Crippen LogP contribution in [0.4, 0.5) is 0 Å². The molecule has 6 saturated heterocycles. The Bertz CT molecular complexity index is 3820. The number of carboxylic acids is 2. The number of benzene rings is 4. The first-order valence-corrected chi connectivity index (χ1v) is 44.7. The van der Waals surface area contributed by atoms with Crippen LogP contribution in [0.1, 0.15) is 61.3 Å². The van der Waals surface area contributed by atoms with E-state index in [0.29, 0.717) is 0 Å². The van der Waals surface area contributed by atoms with Crippen LogP contribution in [0.2, 0.25) is 10.1 Å². The Morgan fingerprint density at radius 3 is 1.23 bits per heavy atom. The third-order valence-electron chi connectivity index (χ3n) is 22.4. The number of aliphatic carboxylic acids is 2. The number of hydrogen-bond acceptors (Lipinski definition) is 42. The Hall–Kier alpha value is 1.93. The van der Waals surface area contributed by atoms with E-state index in [4.69, 9.17) is 115 Å². The fourth-order valence-corrected chi connectivity index (χ4v) is 27.7. The summed E-state index contributed by atoms with van der Waals surface area (Å²) in [4.78, 5) is 29.0. The largest absolute Gasteiger partial charge is 1.00 e. The zero-order valence-electron chi connectivity index (χ0n) is 73.6.